The molecule has 1 atom stereocenters. The van der Waals surface area contributed by atoms with E-state index in [1.54, 1.807) is 22.9 Å². The predicted octanol–water partition coefficient (Wildman–Crippen LogP) is 4.51. The van der Waals surface area contributed by atoms with Crippen molar-refractivity contribution in [3.63, 3.8) is 0 Å². The Morgan fingerprint density at radius 3 is 2.41 bits per heavy atom. The number of aryl methyl sites for hydroxylation is 1. The Morgan fingerprint density at radius 1 is 1.03 bits per heavy atom. The zero-order valence-corrected chi connectivity index (χ0v) is 16.2. The number of amides is 1. The molecule has 1 N–H and O–H groups in total. The van der Waals surface area contributed by atoms with E-state index in [4.69, 9.17) is 0 Å². The Balaban J connectivity index is 1.72. The van der Waals surface area contributed by atoms with E-state index in [1.165, 1.54) is 12.1 Å². The SMILES string of the molecule is CC(NC(=O)c1cc(-c2cccn2C)nn1-c1ccc(F)cc1)c1ccccc1. The summed E-state index contributed by atoms with van der Waals surface area (Å²) < 4.78 is 16.9. The molecular formula is C23H21FN4O. The van der Waals surface area contributed by atoms with Crippen LogP contribution in [0.15, 0.2) is 79.0 Å². The zero-order chi connectivity index (χ0) is 20.4. The second kappa shape index (κ2) is 7.75. The van der Waals surface area contributed by atoms with Gasteiger partial charge in [0, 0.05) is 13.2 Å². The molecule has 146 valence electrons. The molecule has 0 aliphatic rings. The number of carbonyl (C=O) groups excluding carboxylic acids is 1. The van der Waals surface area contributed by atoms with Gasteiger partial charge in [-0.1, -0.05) is 30.3 Å². The topological polar surface area (TPSA) is 51.9 Å². The third-order valence-electron chi connectivity index (χ3n) is 4.87. The number of nitrogens with zero attached hydrogens (tertiary/aromatic N) is 3. The molecule has 5 nitrogen and oxygen atoms in total. The molecule has 0 spiro atoms. The summed E-state index contributed by atoms with van der Waals surface area (Å²) in [5, 5.41) is 7.65. The van der Waals surface area contributed by atoms with Gasteiger partial charge in [0.2, 0.25) is 0 Å². The highest BCUT2D eigenvalue weighted by Gasteiger charge is 2.20. The van der Waals surface area contributed by atoms with Crippen molar-refractivity contribution in [2.75, 3.05) is 0 Å². The van der Waals surface area contributed by atoms with Crippen LogP contribution in [0, 0.1) is 5.82 Å². The number of aromatic nitrogens is 3. The number of rotatable bonds is 5. The van der Waals surface area contributed by atoms with Crippen molar-refractivity contribution in [3.05, 3.63) is 96.1 Å². The summed E-state index contributed by atoms with van der Waals surface area (Å²) in [6.07, 6.45) is 1.92. The summed E-state index contributed by atoms with van der Waals surface area (Å²) >= 11 is 0. The fourth-order valence-electron chi connectivity index (χ4n) is 3.27. The fourth-order valence-corrected chi connectivity index (χ4v) is 3.27. The maximum absolute atomic E-state index is 13.4. The molecule has 0 fully saturated rings. The molecular weight excluding hydrogens is 367 g/mol. The first-order chi connectivity index (χ1) is 14.0. The number of carbonyl (C=O) groups is 1. The molecule has 6 heteroatoms. The quantitative estimate of drug-likeness (QED) is 0.547. The van der Waals surface area contributed by atoms with Gasteiger partial charge in [-0.25, -0.2) is 9.07 Å². The number of benzene rings is 2. The normalized spacial score (nSPS) is 12.0. The summed E-state index contributed by atoms with van der Waals surface area (Å²) in [6.45, 7) is 1.93. The van der Waals surface area contributed by atoms with E-state index in [0.717, 1.165) is 11.3 Å². The monoisotopic (exact) mass is 388 g/mol. The van der Waals surface area contributed by atoms with Crippen LogP contribution in [-0.2, 0) is 7.05 Å². The van der Waals surface area contributed by atoms with Crippen LogP contribution in [0.4, 0.5) is 4.39 Å². The fraction of sp³-hybridized carbons (Fsp3) is 0.130. The first-order valence-corrected chi connectivity index (χ1v) is 9.36. The highest BCUT2D eigenvalue weighted by atomic mass is 19.1. The molecule has 0 bridgehead atoms. The van der Waals surface area contributed by atoms with Crippen molar-refractivity contribution < 1.29 is 9.18 Å². The minimum Gasteiger partial charge on any atom is -0.349 e. The number of nitrogens with one attached hydrogen (secondary N) is 1. The van der Waals surface area contributed by atoms with Crippen LogP contribution in [0.5, 0.6) is 0 Å². The van der Waals surface area contributed by atoms with Crippen LogP contribution in [0.2, 0.25) is 0 Å². The van der Waals surface area contributed by atoms with Gasteiger partial charge < -0.3 is 9.88 Å². The first kappa shape index (κ1) is 18.7. The third kappa shape index (κ3) is 3.82. The second-order valence-electron chi connectivity index (χ2n) is 6.91. The van der Waals surface area contributed by atoms with Crippen LogP contribution in [0.25, 0.3) is 17.1 Å². The Bertz CT molecular complexity index is 1130. The standard InChI is InChI=1S/C23H21FN4O/c1-16(17-7-4-3-5-8-17)25-23(29)22-15-20(21-9-6-14-27(21)2)26-28(22)19-12-10-18(24)11-13-19/h3-16H,1-2H3,(H,25,29). The average molecular weight is 388 g/mol. The lowest BCUT2D eigenvalue weighted by atomic mass is 10.1. The van der Waals surface area contributed by atoms with Gasteiger partial charge in [0.05, 0.1) is 17.4 Å². The van der Waals surface area contributed by atoms with Crippen molar-refractivity contribution >= 4 is 5.91 Å². The van der Waals surface area contributed by atoms with E-state index in [1.807, 2.05) is 67.2 Å². The van der Waals surface area contributed by atoms with Crippen LogP contribution >= 0.6 is 0 Å². The van der Waals surface area contributed by atoms with Gasteiger partial charge in [0.1, 0.15) is 17.2 Å². The molecule has 0 saturated carbocycles. The van der Waals surface area contributed by atoms with Gasteiger partial charge in [0.25, 0.3) is 5.91 Å². The zero-order valence-electron chi connectivity index (χ0n) is 16.2. The van der Waals surface area contributed by atoms with E-state index in [2.05, 4.69) is 10.4 Å². The Labute approximate surface area is 168 Å². The lowest BCUT2D eigenvalue weighted by Crippen LogP contribution is -2.28. The summed E-state index contributed by atoms with van der Waals surface area (Å²) in [5.41, 5.74) is 3.56. The van der Waals surface area contributed by atoms with Crippen molar-refractivity contribution in [1.29, 1.82) is 0 Å². The van der Waals surface area contributed by atoms with E-state index in [0.29, 0.717) is 17.1 Å². The largest absolute Gasteiger partial charge is 0.349 e. The molecule has 1 amide bonds. The van der Waals surface area contributed by atoms with E-state index < -0.39 is 0 Å². The lowest BCUT2D eigenvalue weighted by Gasteiger charge is -2.15. The molecule has 2 aromatic carbocycles. The van der Waals surface area contributed by atoms with Gasteiger partial charge in [-0.05, 0) is 55.0 Å². The maximum atomic E-state index is 13.4. The molecule has 1 unspecified atom stereocenters. The van der Waals surface area contributed by atoms with Crippen molar-refractivity contribution in [2.24, 2.45) is 7.05 Å². The lowest BCUT2D eigenvalue weighted by molar-refractivity contribution is 0.0932. The molecule has 0 aliphatic heterocycles. The molecule has 0 aliphatic carbocycles. The molecule has 2 heterocycles. The van der Waals surface area contributed by atoms with Crippen LogP contribution in [0.1, 0.15) is 29.0 Å². The van der Waals surface area contributed by atoms with E-state index in [-0.39, 0.29) is 17.8 Å². The van der Waals surface area contributed by atoms with Gasteiger partial charge in [-0.2, -0.15) is 5.10 Å². The average Bonchev–Trinajstić information content (AvgIpc) is 3.35. The van der Waals surface area contributed by atoms with Gasteiger partial charge in [0.15, 0.2) is 0 Å². The maximum Gasteiger partial charge on any atom is 0.270 e. The molecule has 4 aromatic rings. The van der Waals surface area contributed by atoms with Gasteiger partial charge in [-0.15, -0.1) is 0 Å². The Kier molecular flexibility index (Phi) is 4.99. The molecule has 4 rings (SSSR count). The highest BCUT2D eigenvalue weighted by Crippen LogP contribution is 2.23. The number of hydrogen-bond acceptors (Lipinski definition) is 2. The van der Waals surface area contributed by atoms with Crippen LogP contribution in [0.3, 0.4) is 0 Å². The summed E-state index contributed by atoms with van der Waals surface area (Å²) in [4.78, 5) is 13.1. The minimum atomic E-state index is -0.340. The third-order valence-corrected chi connectivity index (χ3v) is 4.87. The summed E-state index contributed by atoms with van der Waals surface area (Å²) in [6, 6.07) is 21.1. The molecule has 2 aromatic heterocycles. The summed E-state index contributed by atoms with van der Waals surface area (Å²) in [7, 11) is 1.92. The van der Waals surface area contributed by atoms with E-state index in [9.17, 15) is 9.18 Å². The minimum absolute atomic E-state index is 0.168. The highest BCUT2D eigenvalue weighted by molar-refractivity contribution is 5.94. The summed E-state index contributed by atoms with van der Waals surface area (Å²) in [5.74, 6) is -0.592. The second-order valence-corrected chi connectivity index (χ2v) is 6.91. The predicted molar refractivity (Wildman–Crippen MR) is 110 cm³/mol. The van der Waals surface area contributed by atoms with Crippen LogP contribution < -0.4 is 5.32 Å². The Morgan fingerprint density at radius 2 is 1.76 bits per heavy atom. The van der Waals surface area contributed by atoms with Crippen molar-refractivity contribution in [3.8, 4) is 17.1 Å². The van der Waals surface area contributed by atoms with Crippen molar-refractivity contribution in [2.45, 2.75) is 13.0 Å². The Hall–Kier alpha value is -3.67. The molecule has 29 heavy (non-hydrogen) atoms. The number of hydrogen-bond donors (Lipinski definition) is 1. The molecule has 0 saturated heterocycles. The van der Waals surface area contributed by atoms with Gasteiger partial charge >= 0.3 is 0 Å². The molecule has 0 radical (unpaired) electrons. The van der Waals surface area contributed by atoms with Gasteiger partial charge in [-0.3, -0.25) is 4.79 Å². The smallest absolute Gasteiger partial charge is 0.270 e. The number of halogens is 1. The van der Waals surface area contributed by atoms with Crippen molar-refractivity contribution in [1.82, 2.24) is 19.7 Å². The van der Waals surface area contributed by atoms with Crippen LogP contribution in [-0.4, -0.2) is 20.3 Å². The van der Waals surface area contributed by atoms with E-state index >= 15 is 0 Å². The first-order valence-electron chi connectivity index (χ1n) is 9.36.